The molecule has 0 atom stereocenters. The van der Waals surface area contributed by atoms with Crippen molar-refractivity contribution in [2.75, 3.05) is 11.9 Å². The average Bonchev–Trinajstić information content (AvgIpc) is 2.39. The Balaban J connectivity index is 0. The van der Waals surface area contributed by atoms with E-state index in [0.29, 0.717) is 0 Å². The molecule has 0 unspecified atom stereocenters. The van der Waals surface area contributed by atoms with Crippen LogP contribution in [0.4, 0.5) is 5.69 Å². The molecule has 0 aliphatic rings. The number of anilines is 1. The van der Waals surface area contributed by atoms with E-state index in [4.69, 9.17) is 6.42 Å². The second-order valence-electron chi connectivity index (χ2n) is 4.83. The predicted molar refractivity (Wildman–Crippen MR) is 89.7 cm³/mol. The third kappa shape index (κ3) is 8.71. The van der Waals surface area contributed by atoms with Crippen molar-refractivity contribution in [1.82, 2.24) is 6.15 Å². The van der Waals surface area contributed by atoms with Crippen LogP contribution in [-0.2, 0) is 0 Å². The Hall–Kier alpha value is -2.34. The van der Waals surface area contributed by atoms with Crippen molar-refractivity contribution in [3.8, 4) is 36.0 Å². The van der Waals surface area contributed by atoms with Crippen LogP contribution in [0.15, 0.2) is 30.3 Å². The number of benzene rings is 1. The summed E-state index contributed by atoms with van der Waals surface area (Å²) in [4.78, 5) is 2.27. The zero-order valence-corrected chi connectivity index (χ0v) is 13.1. The summed E-state index contributed by atoms with van der Waals surface area (Å²) in [6.07, 6.45) is 4.78. The van der Waals surface area contributed by atoms with Gasteiger partial charge in [0.2, 0.25) is 0 Å². The average molecular weight is 268 g/mol. The molecule has 0 saturated carbocycles. The fourth-order valence-electron chi connectivity index (χ4n) is 1.17. The molecular weight excluding hydrogens is 244 g/mol. The van der Waals surface area contributed by atoms with Gasteiger partial charge < -0.3 is 11.1 Å². The van der Waals surface area contributed by atoms with E-state index in [9.17, 15) is 0 Å². The molecule has 0 aromatic heterocycles. The second kappa shape index (κ2) is 10.6. The van der Waals surface area contributed by atoms with Crippen molar-refractivity contribution < 1.29 is 0 Å². The highest BCUT2D eigenvalue weighted by Gasteiger charge is 2.16. The lowest BCUT2D eigenvalue weighted by atomic mass is 10.1. The number of nitrogens with zero attached hydrogens (tertiary/aromatic N) is 1. The lowest BCUT2D eigenvalue weighted by Crippen LogP contribution is -2.37. The first-order chi connectivity index (χ1) is 8.93. The predicted octanol–water partition coefficient (Wildman–Crippen LogP) is 3.73. The van der Waals surface area contributed by atoms with Crippen molar-refractivity contribution in [2.24, 2.45) is 0 Å². The third-order valence-corrected chi connectivity index (χ3v) is 2.47. The van der Waals surface area contributed by atoms with Gasteiger partial charge in [0.15, 0.2) is 0 Å². The molecule has 2 nitrogen and oxygen atoms in total. The maximum absolute atomic E-state index is 4.78. The van der Waals surface area contributed by atoms with Gasteiger partial charge in [-0.15, -0.1) is 6.42 Å². The van der Waals surface area contributed by atoms with Crippen LogP contribution in [0.3, 0.4) is 0 Å². The zero-order valence-electron chi connectivity index (χ0n) is 13.1. The van der Waals surface area contributed by atoms with Crippen LogP contribution in [-0.4, -0.2) is 12.6 Å². The van der Waals surface area contributed by atoms with Gasteiger partial charge in [0.05, 0.1) is 0 Å². The molecule has 0 saturated heterocycles. The summed E-state index contributed by atoms with van der Waals surface area (Å²) >= 11 is 0. The first kappa shape index (κ1) is 20.0. The highest BCUT2D eigenvalue weighted by molar-refractivity contribution is 5.47. The minimum Gasteiger partial charge on any atom is -0.370 e. The molecule has 0 amide bonds. The van der Waals surface area contributed by atoms with Gasteiger partial charge in [-0.05, 0) is 63.5 Å². The highest BCUT2D eigenvalue weighted by Crippen LogP contribution is 2.20. The SMILES string of the molecule is C#CC#CC#CC.CN(c1ccccc1)C(C)(C)C.N. The Kier molecular flexibility index (Phi) is 10.6. The molecule has 2 heteroatoms. The summed E-state index contributed by atoms with van der Waals surface area (Å²) in [6, 6.07) is 10.4. The number of para-hydroxylation sites is 1. The van der Waals surface area contributed by atoms with Crippen molar-refractivity contribution in [3.05, 3.63) is 30.3 Å². The maximum Gasteiger partial charge on any atom is 0.0367 e. The quantitative estimate of drug-likeness (QED) is 0.788. The summed E-state index contributed by atoms with van der Waals surface area (Å²) in [5, 5.41) is 0. The largest absolute Gasteiger partial charge is 0.370 e. The van der Waals surface area contributed by atoms with Crippen molar-refractivity contribution in [2.45, 2.75) is 33.2 Å². The van der Waals surface area contributed by atoms with E-state index in [2.05, 4.69) is 86.6 Å². The maximum atomic E-state index is 4.78. The van der Waals surface area contributed by atoms with Crippen molar-refractivity contribution in [3.63, 3.8) is 0 Å². The molecule has 1 aromatic rings. The van der Waals surface area contributed by atoms with Gasteiger partial charge in [-0.1, -0.05) is 24.1 Å². The molecule has 0 bridgehead atoms. The Morgan fingerprint density at radius 1 is 1.00 bits per heavy atom. The second-order valence-corrected chi connectivity index (χ2v) is 4.83. The Morgan fingerprint density at radius 2 is 1.55 bits per heavy atom. The number of hydrogen-bond acceptors (Lipinski definition) is 2. The molecule has 1 rings (SSSR count). The fraction of sp³-hybridized carbons (Fsp3) is 0.333. The van der Waals surface area contributed by atoms with Gasteiger partial charge >= 0.3 is 0 Å². The van der Waals surface area contributed by atoms with Gasteiger partial charge in [0.25, 0.3) is 0 Å². The molecule has 106 valence electrons. The van der Waals surface area contributed by atoms with Crippen LogP contribution in [0.25, 0.3) is 0 Å². The van der Waals surface area contributed by atoms with Gasteiger partial charge in [-0.3, -0.25) is 0 Å². The standard InChI is InChI=1S/C11H17N.C7H4.H3N/c1-11(2,3)12(4)10-8-6-5-7-9-10;1-3-5-7-6-4-2;/h5-9H,1-4H3;1H,2H3;1H3. The summed E-state index contributed by atoms with van der Waals surface area (Å²) < 4.78 is 0. The minimum atomic E-state index is 0. The van der Waals surface area contributed by atoms with E-state index < -0.39 is 0 Å². The molecular formula is C18H24N2. The molecule has 0 radical (unpaired) electrons. The van der Waals surface area contributed by atoms with E-state index in [-0.39, 0.29) is 11.7 Å². The van der Waals surface area contributed by atoms with Crippen molar-refractivity contribution >= 4 is 5.69 Å². The smallest absolute Gasteiger partial charge is 0.0367 e. The van der Waals surface area contributed by atoms with E-state index in [0.717, 1.165) is 0 Å². The first-order valence-electron chi connectivity index (χ1n) is 6.09. The summed E-state index contributed by atoms with van der Waals surface area (Å²) in [6.45, 7) is 8.34. The van der Waals surface area contributed by atoms with Gasteiger partial charge in [0.1, 0.15) is 0 Å². The number of terminal acetylenes is 1. The Bertz CT molecular complexity index is 522. The monoisotopic (exact) mass is 268 g/mol. The van der Waals surface area contributed by atoms with Gasteiger partial charge in [-0.2, -0.15) is 0 Å². The lowest BCUT2D eigenvalue weighted by molar-refractivity contribution is 0.539. The molecule has 20 heavy (non-hydrogen) atoms. The highest BCUT2D eigenvalue weighted by atomic mass is 15.2. The van der Waals surface area contributed by atoms with Crippen LogP contribution >= 0.6 is 0 Å². The molecule has 1 aromatic carbocycles. The molecule has 0 spiro atoms. The Labute approximate surface area is 124 Å². The zero-order chi connectivity index (χ0) is 14.7. The lowest BCUT2D eigenvalue weighted by Gasteiger charge is -2.34. The minimum absolute atomic E-state index is 0. The normalized spacial score (nSPS) is 8.00. The van der Waals surface area contributed by atoms with Gasteiger partial charge in [0, 0.05) is 18.3 Å². The molecule has 0 heterocycles. The summed E-state index contributed by atoms with van der Waals surface area (Å²) in [7, 11) is 2.12. The third-order valence-electron chi connectivity index (χ3n) is 2.47. The summed E-state index contributed by atoms with van der Waals surface area (Å²) in [5.74, 6) is 12.0. The van der Waals surface area contributed by atoms with Gasteiger partial charge in [-0.25, -0.2) is 0 Å². The fourth-order valence-corrected chi connectivity index (χ4v) is 1.17. The first-order valence-corrected chi connectivity index (χ1v) is 6.09. The number of hydrogen-bond donors (Lipinski definition) is 1. The van der Waals surface area contributed by atoms with Crippen LogP contribution in [0.2, 0.25) is 0 Å². The Morgan fingerprint density at radius 3 is 1.95 bits per heavy atom. The van der Waals surface area contributed by atoms with E-state index in [1.807, 2.05) is 6.07 Å². The molecule has 0 aliphatic heterocycles. The van der Waals surface area contributed by atoms with Crippen molar-refractivity contribution in [1.29, 1.82) is 0 Å². The van der Waals surface area contributed by atoms with E-state index in [1.165, 1.54) is 5.69 Å². The molecule has 0 aliphatic carbocycles. The van der Waals surface area contributed by atoms with Crippen LogP contribution in [0.5, 0.6) is 0 Å². The number of rotatable bonds is 1. The topological polar surface area (TPSA) is 38.2 Å². The summed E-state index contributed by atoms with van der Waals surface area (Å²) in [5.41, 5.74) is 1.46. The molecule has 0 fully saturated rings. The molecule has 3 N–H and O–H groups in total. The van der Waals surface area contributed by atoms with Crippen LogP contribution in [0, 0.1) is 36.0 Å². The van der Waals surface area contributed by atoms with Crippen LogP contribution in [0.1, 0.15) is 27.7 Å². The van der Waals surface area contributed by atoms with E-state index in [1.54, 1.807) is 6.92 Å². The van der Waals surface area contributed by atoms with E-state index >= 15 is 0 Å². The van der Waals surface area contributed by atoms with Crippen LogP contribution < -0.4 is 11.1 Å².